The standard InChI is InChI=1S/C12H9F2N5/c1-5-2-3-6(8(14)7(5)13)9-10-11(17-4-16-10)19-12(15)18-9/h2-4H,1H3,(H3,15,16,17,18,19). The van der Waals surface area contributed by atoms with Gasteiger partial charge in [-0.25, -0.2) is 18.7 Å². The largest absolute Gasteiger partial charge is 0.368 e. The highest BCUT2D eigenvalue weighted by Gasteiger charge is 2.18. The lowest BCUT2D eigenvalue weighted by Crippen LogP contribution is -2.00. The van der Waals surface area contributed by atoms with E-state index >= 15 is 0 Å². The highest BCUT2D eigenvalue weighted by molar-refractivity contribution is 5.88. The van der Waals surface area contributed by atoms with E-state index in [1.807, 2.05) is 0 Å². The second-order valence-corrected chi connectivity index (χ2v) is 4.09. The van der Waals surface area contributed by atoms with Gasteiger partial charge in [0.2, 0.25) is 5.95 Å². The van der Waals surface area contributed by atoms with E-state index < -0.39 is 11.6 Å². The molecule has 3 rings (SSSR count). The van der Waals surface area contributed by atoms with Gasteiger partial charge >= 0.3 is 0 Å². The van der Waals surface area contributed by atoms with Gasteiger partial charge in [0.15, 0.2) is 17.3 Å². The molecule has 3 N–H and O–H groups in total. The molecule has 2 heterocycles. The van der Waals surface area contributed by atoms with Gasteiger partial charge in [-0.3, -0.25) is 0 Å². The van der Waals surface area contributed by atoms with Crippen LogP contribution < -0.4 is 5.73 Å². The van der Waals surface area contributed by atoms with E-state index in [2.05, 4.69) is 19.9 Å². The minimum atomic E-state index is -0.964. The van der Waals surface area contributed by atoms with Crippen LogP contribution in [0.15, 0.2) is 18.5 Å². The third kappa shape index (κ3) is 1.70. The molecule has 0 aliphatic heterocycles. The van der Waals surface area contributed by atoms with Crippen molar-refractivity contribution in [1.29, 1.82) is 0 Å². The van der Waals surface area contributed by atoms with Crippen molar-refractivity contribution in [2.24, 2.45) is 0 Å². The van der Waals surface area contributed by atoms with Gasteiger partial charge in [0.05, 0.1) is 6.33 Å². The molecule has 96 valence electrons. The van der Waals surface area contributed by atoms with Crippen LogP contribution in [0.2, 0.25) is 0 Å². The van der Waals surface area contributed by atoms with Crippen LogP contribution in [-0.2, 0) is 0 Å². The van der Waals surface area contributed by atoms with Gasteiger partial charge in [0, 0.05) is 5.56 Å². The summed E-state index contributed by atoms with van der Waals surface area (Å²) in [5.74, 6) is -1.91. The lowest BCUT2D eigenvalue weighted by Gasteiger charge is -2.06. The van der Waals surface area contributed by atoms with Crippen LogP contribution in [0.1, 0.15) is 5.56 Å². The summed E-state index contributed by atoms with van der Waals surface area (Å²) in [5, 5.41) is 0. The third-order valence-corrected chi connectivity index (χ3v) is 2.83. The number of halogens is 2. The SMILES string of the molecule is Cc1ccc(-c2nc(N)nc3nc[nH]c23)c(F)c1F. The van der Waals surface area contributed by atoms with Crippen LogP contribution in [0, 0.1) is 18.6 Å². The highest BCUT2D eigenvalue weighted by atomic mass is 19.2. The van der Waals surface area contributed by atoms with E-state index in [4.69, 9.17) is 5.73 Å². The number of rotatable bonds is 1. The number of nitrogens with zero attached hydrogens (tertiary/aromatic N) is 3. The van der Waals surface area contributed by atoms with E-state index in [0.717, 1.165) is 0 Å². The molecule has 7 heteroatoms. The molecule has 0 amide bonds. The zero-order valence-corrected chi connectivity index (χ0v) is 9.91. The van der Waals surface area contributed by atoms with E-state index in [0.29, 0.717) is 11.2 Å². The number of fused-ring (bicyclic) bond motifs is 1. The average molecular weight is 261 g/mol. The van der Waals surface area contributed by atoms with E-state index in [1.54, 1.807) is 0 Å². The number of nitrogen functional groups attached to an aromatic ring is 1. The highest BCUT2D eigenvalue weighted by Crippen LogP contribution is 2.29. The maximum atomic E-state index is 14.0. The van der Waals surface area contributed by atoms with Crippen molar-refractivity contribution >= 4 is 17.1 Å². The van der Waals surface area contributed by atoms with Gasteiger partial charge < -0.3 is 10.7 Å². The predicted octanol–water partition coefficient (Wildman–Crippen LogP) is 2.19. The number of hydrogen-bond acceptors (Lipinski definition) is 4. The molecular formula is C12H9F2N5. The summed E-state index contributed by atoms with van der Waals surface area (Å²) in [7, 11) is 0. The first-order chi connectivity index (χ1) is 9.08. The molecule has 3 aromatic rings. The van der Waals surface area contributed by atoms with Gasteiger partial charge in [-0.2, -0.15) is 4.98 Å². The normalized spacial score (nSPS) is 11.1. The number of anilines is 1. The van der Waals surface area contributed by atoms with E-state index in [1.165, 1.54) is 25.4 Å². The molecule has 2 aromatic heterocycles. The average Bonchev–Trinajstić information content (AvgIpc) is 2.83. The zero-order valence-electron chi connectivity index (χ0n) is 9.91. The Kier molecular flexibility index (Phi) is 2.41. The monoisotopic (exact) mass is 261 g/mol. The molecule has 0 aliphatic rings. The Bertz CT molecular complexity index is 781. The van der Waals surface area contributed by atoms with Crippen LogP contribution in [0.25, 0.3) is 22.4 Å². The van der Waals surface area contributed by atoms with Crippen LogP contribution in [0.4, 0.5) is 14.7 Å². The number of H-pyrrole nitrogens is 1. The quantitative estimate of drug-likeness (QED) is 0.703. The summed E-state index contributed by atoms with van der Waals surface area (Å²) < 4.78 is 27.6. The van der Waals surface area contributed by atoms with Crippen molar-refractivity contribution in [2.75, 3.05) is 5.73 Å². The van der Waals surface area contributed by atoms with Gasteiger partial charge in [0.1, 0.15) is 11.2 Å². The van der Waals surface area contributed by atoms with Crippen LogP contribution in [0.3, 0.4) is 0 Å². The molecule has 0 aliphatic carbocycles. The molecule has 0 saturated heterocycles. The lowest BCUT2D eigenvalue weighted by molar-refractivity contribution is 0.505. The topological polar surface area (TPSA) is 80.5 Å². The number of nitrogens with one attached hydrogen (secondary N) is 1. The Morgan fingerprint density at radius 2 is 1.95 bits per heavy atom. The van der Waals surface area contributed by atoms with Crippen molar-refractivity contribution in [3.05, 3.63) is 35.7 Å². The summed E-state index contributed by atoms with van der Waals surface area (Å²) in [6.45, 7) is 1.49. The number of aryl methyl sites for hydroxylation is 1. The fourth-order valence-electron chi connectivity index (χ4n) is 1.87. The third-order valence-electron chi connectivity index (χ3n) is 2.83. The first-order valence-electron chi connectivity index (χ1n) is 5.49. The van der Waals surface area contributed by atoms with E-state index in [9.17, 15) is 8.78 Å². The molecule has 0 spiro atoms. The molecule has 5 nitrogen and oxygen atoms in total. The molecule has 19 heavy (non-hydrogen) atoms. The number of benzene rings is 1. The molecule has 1 aromatic carbocycles. The van der Waals surface area contributed by atoms with Gasteiger partial charge in [0.25, 0.3) is 0 Å². The van der Waals surface area contributed by atoms with Crippen molar-refractivity contribution in [3.8, 4) is 11.3 Å². The Labute approximate surface area is 106 Å². The minimum absolute atomic E-state index is 0.0199. The summed E-state index contributed by atoms with van der Waals surface area (Å²) in [5.41, 5.74) is 6.71. The molecule has 0 unspecified atom stereocenters. The Balaban J connectivity index is 2.36. The second kappa shape index (κ2) is 3.98. The summed E-state index contributed by atoms with van der Waals surface area (Å²) >= 11 is 0. The van der Waals surface area contributed by atoms with E-state index in [-0.39, 0.29) is 22.8 Å². The number of hydrogen-bond donors (Lipinski definition) is 2. The molecule has 0 bridgehead atoms. The van der Waals surface area contributed by atoms with Crippen molar-refractivity contribution < 1.29 is 8.78 Å². The molecule has 0 saturated carbocycles. The summed E-state index contributed by atoms with van der Waals surface area (Å²) in [6, 6.07) is 2.93. The maximum Gasteiger partial charge on any atom is 0.222 e. The Morgan fingerprint density at radius 1 is 1.16 bits per heavy atom. The fourth-order valence-corrected chi connectivity index (χ4v) is 1.87. The Morgan fingerprint density at radius 3 is 2.74 bits per heavy atom. The smallest absolute Gasteiger partial charge is 0.222 e. The second-order valence-electron chi connectivity index (χ2n) is 4.09. The zero-order chi connectivity index (χ0) is 13.6. The maximum absolute atomic E-state index is 14.0. The number of aromatic nitrogens is 4. The van der Waals surface area contributed by atoms with Crippen molar-refractivity contribution in [1.82, 2.24) is 19.9 Å². The molecular weight excluding hydrogens is 252 g/mol. The van der Waals surface area contributed by atoms with Gasteiger partial charge in [-0.1, -0.05) is 6.07 Å². The summed E-state index contributed by atoms with van der Waals surface area (Å²) in [6.07, 6.45) is 1.39. The van der Waals surface area contributed by atoms with Crippen LogP contribution in [0.5, 0.6) is 0 Å². The molecule has 0 atom stereocenters. The summed E-state index contributed by atoms with van der Waals surface area (Å²) in [4.78, 5) is 14.6. The van der Waals surface area contributed by atoms with Crippen molar-refractivity contribution in [3.63, 3.8) is 0 Å². The van der Waals surface area contributed by atoms with Crippen LogP contribution >= 0.6 is 0 Å². The van der Waals surface area contributed by atoms with Gasteiger partial charge in [-0.15, -0.1) is 0 Å². The lowest BCUT2D eigenvalue weighted by atomic mass is 10.1. The Hall–Kier alpha value is -2.57. The van der Waals surface area contributed by atoms with Crippen LogP contribution in [-0.4, -0.2) is 19.9 Å². The predicted molar refractivity (Wildman–Crippen MR) is 66.2 cm³/mol. The molecule has 0 fully saturated rings. The van der Waals surface area contributed by atoms with Crippen molar-refractivity contribution in [2.45, 2.75) is 6.92 Å². The molecule has 0 radical (unpaired) electrons. The number of imidazole rings is 1. The van der Waals surface area contributed by atoms with Gasteiger partial charge in [-0.05, 0) is 18.6 Å². The number of nitrogens with two attached hydrogens (primary N) is 1. The fraction of sp³-hybridized carbons (Fsp3) is 0.0833. The number of aromatic amines is 1. The first kappa shape index (κ1) is 11.5. The minimum Gasteiger partial charge on any atom is -0.368 e. The first-order valence-corrected chi connectivity index (χ1v) is 5.49.